The zero-order valence-electron chi connectivity index (χ0n) is 16.1. The maximum atomic E-state index is 12.3. The van der Waals surface area contributed by atoms with E-state index in [1.165, 1.54) is 6.92 Å². The molecule has 4 N–H and O–H groups in total. The number of nitrogens with one attached hydrogen (secondary N) is 2. The molecular formula is C21H19ClN4O4. The Hall–Kier alpha value is -3.65. The number of primary amides is 1. The van der Waals surface area contributed by atoms with Crippen LogP contribution < -0.4 is 15.8 Å². The molecule has 3 rings (SSSR count). The van der Waals surface area contributed by atoms with Gasteiger partial charge in [0.1, 0.15) is 17.4 Å². The quantitative estimate of drug-likeness (QED) is 0.395. The van der Waals surface area contributed by atoms with E-state index in [0.29, 0.717) is 23.0 Å². The molecule has 1 heterocycles. The number of rotatable bonds is 7. The number of imidazole rings is 1. The van der Waals surface area contributed by atoms with Crippen LogP contribution in [0.5, 0.6) is 5.75 Å². The number of halogens is 1. The number of hydrogen-bond donors (Lipinski definition) is 3. The van der Waals surface area contributed by atoms with E-state index >= 15 is 0 Å². The molecule has 0 fully saturated rings. The van der Waals surface area contributed by atoms with E-state index in [0.717, 1.165) is 11.1 Å². The highest BCUT2D eigenvalue weighted by Gasteiger charge is 2.18. The van der Waals surface area contributed by atoms with Crippen LogP contribution in [0.3, 0.4) is 0 Å². The van der Waals surface area contributed by atoms with Crippen molar-refractivity contribution in [3.63, 3.8) is 0 Å². The standard InChI is InChI=1S/C21H19ClN4O4/c1-12(27)30-16-8-4-13(5-9-16)10-17-24-19(20(23)29)21(25-17)26-18(28)11-14-2-6-15(22)7-3-14/h2-9H,10-11H2,1H3,(H2,23,29)(H,24,25)(H,26,28). The Kier molecular flexibility index (Phi) is 6.48. The molecule has 8 nitrogen and oxygen atoms in total. The number of H-pyrrole nitrogens is 1. The number of aromatic nitrogens is 2. The first-order valence-corrected chi connectivity index (χ1v) is 9.38. The van der Waals surface area contributed by atoms with Gasteiger partial charge in [0.15, 0.2) is 5.69 Å². The Morgan fingerprint density at radius 3 is 2.30 bits per heavy atom. The van der Waals surface area contributed by atoms with E-state index in [4.69, 9.17) is 22.1 Å². The molecule has 9 heteroatoms. The summed E-state index contributed by atoms with van der Waals surface area (Å²) in [5.74, 6) is -0.471. The fourth-order valence-corrected chi connectivity index (χ4v) is 2.91. The van der Waals surface area contributed by atoms with Gasteiger partial charge >= 0.3 is 5.97 Å². The number of hydrogen-bond acceptors (Lipinski definition) is 5. The smallest absolute Gasteiger partial charge is 0.308 e. The molecule has 0 saturated heterocycles. The fourth-order valence-electron chi connectivity index (χ4n) is 2.78. The number of benzene rings is 2. The zero-order chi connectivity index (χ0) is 21.7. The minimum absolute atomic E-state index is 0.0500. The van der Waals surface area contributed by atoms with E-state index in [1.54, 1.807) is 48.5 Å². The van der Waals surface area contributed by atoms with Crippen LogP contribution in [0, 0.1) is 0 Å². The van der Waals surface area contributed by atoms with E-state index in [1.807, 2.05) is 0 Å². The van der Waals surface area contributed by atoms with Gasteiger partial charge in [-0.05, 0) is 35.4 Å². The number of ether oxygens (including phenoxy) is 1. The van der Waals surface area contributed by atoms with E-state index in [-0.39, 0.29) is 23.8 Å². The summed E-state index contributed by atoms with van der Waals surface area (Å²) < 4.78 is 4.99. The molecule has 0 aliphatic heterocycles. The highest BCUT2D eigenvalue weighted by Crippen LogP contribution is 2.18. The first-order valence-electron chi connectivity index (χ1n) is 9.00. The molecule has 0 spiro atoms. The van der Waals surface area contributed by atoms with Gasteiger partial charge < -0.3 is 20.8 Å². The Bertz CT molecular complexity index is 1080. The largest absolute Gasteiger partial charge is 0.427 e. The molecule has 0 bridgehead atoms. The first kappa shape index (κ1) is 21.1. The van der Waals surface area contributed by atoms with Gasteiger partial charge in [-0.1, -0.05) is 35.9 Å². The summed E-state index contributed by atoms with van der Waals surface area (Å²) in [7, 11) is 0. The van der Waals surface area contributed by atoms with Crippen molar-refractivity contribution in [1.29, 1.82) is 0 Å². The van der Waals surface area contributed by atoms with Gasteiger partial charge in [0.2, 0.25) is 5.91 Å². The van der Waals surface area contributed by atoms with Gasteiger partial charge in [0.05, 0.1) is 6.42 Å². The predicted molar refractivity (Wildman–Crippen MR) is 111 cm³/mol. The third-order valence-corrected chi connectivity index (χ3v) is 4.34. The van der Waals surface area contributed by atoms with Crippen LogP contribution >= 0.6 is 11.6 Å². The molecule has 0 aliphatic carbocycles. The zero-order valence-corrected chi connectivity index (χ0v) is 16.8. The van der Waals surface area contributed by atoms with Crippen molar-refractivity contribution in [3.05, 3.63) is 76.2 Å². The number of carbonyl (C=O) groups is 3. The van der Waals surface area contributed by atoms with Crippen LogP contribution in [0.15, 0.2) is 48.5 Å². The summed E-state index contributed by atoms with van der Waals surface area (Å²) in [6.07, 6.45) is 0.453. The van der Waals surface area contributed by atoms with Crippen LogP contribution in [0.2, 0.25) is 5.02 Å². The number of carbonyl (C=O) groups excluding carboxylic acids is 3. The minimum atomic E-state index is -0.760. The molecule has 0 aliphatic rings. The summed E-state index contributed by atoms with van der Waals surface area (Å²) in [6, 6.07) is 13.7. The van der Waals surface area contributed by atoms with Gasteiger partial charge in [0.25, 0.3) is 5.91 Å². The van der Waals surface area contributed by atoms with Crippen LogP contribution in [-0.2, 0) is 22.4 Å². The fraction of sp³-hybridized carbons (Fsp3) is 0.143. The van der Waals surface area contributed by atoms with Crippen molar-refractivity contribution in [2.75, 3.05) is 5.32 Å². The van der Waals surface area contributed by atoms with Crippen LogP contribution in [-0.4, -0.2) is 27.8 Å². The molecule has 0 atom stereocenters. The summed E-state index contributed by atoms with van der Waals surface area (Å²) in [4.78, 5) is 42.2. The molecule has 2 aromatic carbocycles. The highest BCUT2D eigenvalue weighted by molar-refractivity contribution is 6.30. The third kappa shape index (κ3) is 5.68. The number of amides is 2. The molecule has 1 aromatic heterocycles. The van der Waals surface area contributed by atoms with E-state index < -0.39 is 11.9 Å². The number of aromatic amines is 1. The average Bonchev–Trinajstić information content (AvgIpc) is 3.07. The lowest BCUT2D eigenvalue weighted by atomic mass is 10.1. The van der Waals surface area contributed by atoms with Crippen LogP contribution in [0.4, 0.5) is 5.82 Å². The predicted octanol–water partition coefficient (Wildman–Crippen LogP) is 2.86. The molecule has 30 heavy (non-hydrogen) atoms. The Balaban J connectivity index is 1.71. The number of esters is 1. The molecule has 154 valence electrons. The van der Waals surface area contributed by atoms with Crippen molar-refractivity contribution in [2.24, 2.45) is 5.73 Å². The Morgan fingerprint density at radius 2 is 1.70 bits per heavy atom. The molecule has 2 amide bonds. The normalized spacial score (nSPS) is 10.5. The van der Waals surface area contributed by atoms with Crippen molar-refractivity contribution >= 4 is 35.2 Å². The Labute approximate surface area is 177 Å². The SMILES string of the molecule is CC(=O)Oc1ccc(Cc2nc(C(N)=O)c(NC(=O)Cc3ccc(Cl)cc3)[nH]2)cc1. The van der Waals surface area contributed by atoms with Crippen molar-refractivity contribution < 1.29 is 19.1 Å². The second-order valence-electron chi connectivity index (χ2n) is 6.54. The lowest BCUT2D eigenvalue weighted by molar-refractivity contribution is -0.131. The van der Waals surface area contributed by atoms with E-state index in [9.17, 15) is 14.4 Å². The second-order valence-corrected chi connectivity index (χ2v) is 6.97. The topological polar surface area (TPSA) is 127 Å². The van der Waals surface area contributed by atoms with Gasteiger partial charge in [-0.15, -0.1) is 0 Å². The minimum Gasteiger partial charge on any atom is -0.427 e. The third-order valence-electron chi connectivity index (χ3n) is 4.09. The molecule has 0 unspecified atom stereocenters. The lowest BCUT2D eigenvalue weighted by Crippen LogP contribution is -2.19. The number of anilines is 1. The van der Waals surface area contributed by atoms with E-state index in [2.05, 4.69) is 15.3 Å². The summed E-state index contributed by atoms with van der Waals surface area (Å²) in [5.41, 5.74) is 6.97. The molecule has 0 radical (unpaired) electrons. The summed E-state index contributed by atoms with van der Waals surface area (Å²) >= 11 is 5.85. The average molecular weight is 427 g/mol. The maximum absolute atomic E-state index is 12.3. The number of nitrogens with zero attached hydrogens (tertiary/aromatic N) is 1. The van der Waals surface area contributed by atoms with Gasteiger partial charge in [-0.25, -0.2) is 4.98 Å². The van der Waals surface area contributed by atoms with Crippen molar-refractivity contribution in [2.45, 2.75) is 19.8 Å². The van der Waals surface area contributed by atoms with Gasteiger partial charge in [-0.3, -0.25) is 14.4 Å². The van der Waals surface area contributed by atoms with Gasteiger partial charge in [-0.2, -0.15) is 0 Å². The van der Waals surface area contributed by atoms with Crippen molar-refractivity contribution in [3.8, 4) is 5.75 Å². The first-order chi connectivity index (χ1) is 14.3. The van der Waals surface area contributed by atoms with Crippen molar-refractivity contribution in [1.82, 2.24) is 9.97 Å². The molecular weight excluding hydrogens is 408 g/mol. The van der Waals surface area contributed by atoms with Gasteiger partial charge in [0, 0.05) is 18.4 Å². The lowest BCUT2D eigenvalue weighted by Gasteiger charge is -2.05. The van der Waals surface area contributed by atoms with Crippen LogP contribution in [0.25, 0.3) is 0 Å². The second kappa shape index (κ2) is 9.23. The Morgan fingerprint density at radius 1 is 1.07 bits per heavy atom. The maximum Gasteiger partial charge on any atom is 0.308 e. The summed E-state index contributed by atoms with van der Waals surface area (Å²) in [5, 5.41) is 3.22. The summed E-state index contributed by atoms with van der Waals surface area (Å²) in [6.45, 7) is 1.32. The highest BCUT2D eigenvalue weighted by atomic mass is 35.5. The molecule has 3 aromatic rings. The monoisotopic (exact) mass is 426 g/mol. The number of nitrogens with two attached hydrogens (primary N) is 1. The van der Waals surface area contributed by atoms with Crippen LogP contribution in [0.1, 0.15) is 34.4 Å². The molecule has 0 saturated carbocycles.